The van der Waals surface area contributed by atoms with E-state index in [4.69, 9.17) is 0 Å². The van der Waals surface area contributed by atoms with E-state index in [1.54, 1.807) is 12.3 Å². The zero-order chi connectivity index (χ0) is 14.7. The van der Waals surface area contributed by atoms with Crippen LogP contribution < -0.4 is 10.7 Å². The van der Waals surface area contributed by atoms with Crippen LogP contribution in [0.25, 0.3) is 0 Å². The number of rotatable bonds is 2. The van der Waals surface area contributed by atoms with Gasteiger partial charge in [0.25, 0.3) is 0 Å². The summed E-state index contributed by atoms with van der Waals surface area (Å²) in [5, 5.41) is 7.28. The summed E-state index contributed by atoms with van der Waals surface area (Å²) in [6, 6.07) is 11.6. The fraction of sp³-hybridized carbons (Fsp3) is 0.133. The Morgan fingerprint density at radius 1 is 1.19 bits per heavy atom. The van der Waals surface area contributed by atoms with E-state index in [9.17, 15) is 4.79 Å². The van der Waals surface area contributed by atoms with Crippen LogP contribution in [0, 0.1) is 3.57 Å². The number of amides is 1. The molecule has 2 aromatic rings. The maximum Gasteiger partial charge on any atom is 0.224 e. The third-order valence-electron chi connectivity index (χ3n) is 3.11. The molecular weight excluding hydrogens is 379 g/mol. The first-order chi connectivity index (χ1) is 10.2. The average molecular weight is 392 g/mol. The number of benzene rings is 1. The number of nitrogens with one attached hydrogen (secondary N) is 2. The maximum atomic E-state index is 11.7. The molecule has 0 fully saturated rings. The van der Waals surface area contributed by atoms with Crippen LogP contribution in [0.1, 0.15) is 18.5 Å². The van der Waals surface area contributed by atoms with Crippen LogP contribution >= 0.6 is 22.6 Å². The number of fused-ring (bicyclic) bond motifs is 1. The molecule has 0 saturated heterocycles. The van der Waals surface area contributed by atoms with Gasteiger partial charge in [-0.15, -0.1) is 0 Å². The largest absolute Gasteiger partial charge is 0.324 e. The van der Waals surface area contributed by atoms with Crippen molar-refractivity contribution in [2.24, 2.45) is 5.10 Å². The van der Waals surface area contributed by atoms with Gasteiger partial charge < -0.3 is 5.32 Å². The molecule has 2 heterocycles. The Morgan fingerprint density at radius 3 is 2.81 bits per heavy atom. The fourth-order valence-corrected chi connectivity index (χ4v) is 2.42. The van der Waals surface area contributed by atoms with Gasteiger partial charge in [0.2, 0.25) is 5.91 Å². The van der Waals surface area contributed by atoms with Gasteiger partial charge in [-0.2, -0.15) is 5.10 Å². The minimum Gasteiger partial charge on any atom is -0.324 e. The molecule has 0 atom stereocenters. The Kier molecular flexibility index (Phi) is 4.14. The van der Waals surface area contributed by atoms with Gasteiger partial charge in [0.15, 0.2) is 0 Å². The number of hydrogen-bond acceptors (Lipinski definition) is 4. The molecule has 0 radical (unpaired) electrons. The highest BCUT2D eigenvalue weighted by Crippen LogP contribution is 2.20. The first-order valence-electron chi connectivity index (χ1n) is 6.56. The van der Waals surface area contributed by atoms with Crippen molar-refractivity contribution in [1.29, 1.82) is 0 Å². The Labute approximate surface area is 136 Å². The summed E-state index contributed by atoms with van der Waals surface area (Å²) >= 11 is 2.26. The van der Waals surface area contributed by atoms with Gasteiger partial charge in [-0.3, -0.25) is 15.2 Å². The zero-order valence-electron chi connectivity index (χ0n) is 11.1. The van der Waals surface area contributed by atoms with Crippen molar-refractivity contribution in [3.8, 4) is 0 Å². The minimum absolute atomic E-state index is 0.0104. The molecular formula is C15H13IN4O. The van der Waals surface area contributed by atoms with Gasteiger partial charge in [-0.1, -0.05) is 0 Å². The monoisotopic (exact) mass is 392 g/mol. The second kappa shape index (κ2) is 6.21. The van der Waals surface area contributed by atoms with Crippen molar-refractivity contribution in [3.05, 3.63) is 51.9 Å². The highest BCUT2D eigenvalue weighted by Gasteiger charge is 2.18. The molecule has 0 spiro atoms. The Hall–Kier alpha value is -1.96. The van der Waals surface area contributed by atoms with Crippen molar-refractivity contribution < 1.29 is 4.79 Å². The highest BCUT2D eigenvalue weighted by atomic mass is 127. The molecule has 106 valence electrons. The lowest BCUT2D eigenvalue weighted by Crippen LogP contribution is -2.09. The van der Waals surface area contributed by atoms with Crippen LogP contribution in [0.5, 0.6) is 0 Å². The summed E-state index contributed by atoms with van der Waals surface area (Å²) in [6.45, 7) is 0. The van der Waals surface area contributed by atoms with Crippen LogP contribution in [0.4, 0.5) is 11.4 Å². The molecule has 1 aliphatic rings. The molecule has 1 aliphatic heterocycles. The molecule has 0 aliphatic carbocycles. The van der Waals surface area contributed by atoms with Gasteiger partial charge >= 0.3 is 0 Å². The van der Waals surface area contributed by atoms with Crippen molar-refractivity contribution in [1.82, 2.24) is 4.98 Å². The molecule has 0 saturated carbocycles. The topological polar surface area (TPSA) is 66.4 Å². The lowest BCUT2D eigenvalue weighted by molar-refractivity contribution is -0.116. The smallest absolute Gasteiger partial charge is 0.224 e. The summed E-state index contributed by atoms with van der Waals surface area (Å²) in [7, 11) is 0. The first-order valence-corrected chi connectivity index (χ1v) is 7.63. The Morgan fingerprint density at radius 2 is 2.00 bits per heavy atom. The fourth-order valence-electron chi connectivity index (χ4n) is 2.06. The molecule has 0 unspecified atom stereocenters. The van der Waals surface area contributed by atoms with E-state index in [0.29, 0.717) is 18.5 Å². The number of carbonyl (C=O) groups excluding carboxylic acids is 1. The normalized spacial score (nSPS) is 16.0. The second-order valence-electron chi connectivity index (χ2n) is 4.62. The average Bonchev–Trinajstić information content (AvgIpc) is 2.65. The van der Waals surface area contributed by atoms with Gasteiger partial charge in [0.1, 0.15) is 5.69 Å². The van der Waals surface area contributed by atoms with Crippen molar-refractivity contribution in [2.45, 2.75) is 12.8 Å². The van der Waals surface area contributed by atoms with Crippen LogP contribution in [-0.2, 0) is 4.79 Å². The number of anilines is 2. The molecule has 1 amide bonds. The summed E-state index contributed by atoms with van der Waals surface area (Å²) in [6.07, 6.45) is 2.67. The van der Waals surface area contributed by atoms with E-state index in [1.165, 1.54) is 3.57 Å². The highest BCUT2D eigenvalue weighted by molar-refractivity contribution is 14.1. The Balaban J connectivity index is 1.88. The predicted octanol–water partition coefficient (Wildman–Crippen LogP) is 3.23. The lowest BCUT2D eigenvalue weighted by atomic mass is 10.1. The molecule has 3 rings (SSSR count). The van der Waals surface area contributed by atoms with Gasteiger partial charge in [-0.05, 0) is 59.0 Å². The number of aromatic nitrogens is 1. The van der Waals surface area contributed by atoms with Gasteiger partial charge in [-0.25, -0.2) is 0 Å². The minimum atomic E-state index is -0.0104. The van der Waals surface area contributed by atoms with E-state index in [1.807, 2.05) is 30.3 Å². The third-order valence-corrected chi connectivity index (χ3v) is 3.83. The summed E-state index contributed by atoms with van der Waals surface area (Å²) in [5.74, 6) is -0.0104. The molecule has 6 heteroatoms. The predicted molar refractivity (Wildman–Crippen MR) is 91.4 cm³/mol. The van der Waals surface area contributed by atoms with Crippen molar-refractivity contribution >= 4 is 45.6 Å². The van der Waals surface area contributed by atoms with Gasteiger partial charge in [0, 0.05) is 22.6 Å². The number of carbonyl (C=O) groups is 1. The Bertz CT molecular complexity index is 697. The molecule has 5 nitrogen and oxygen atoms in total. The van der Waals surface area contributed by atoms with Crippen molar-refractivity contribution in [2.75, 3.05) is 10.7 Å². The molecule has 1 aromatic heterocycles. The van der Waals surface area contributed by atoms with E-state index < -0.39 is 0 Å². The molecule has 0 bridgehead atoms. The summed E-state index contributed by atoms with van der Waals surface area (Å²) in [5.41, 5.74) is 6.15. The second-order valence-corrected chi connectivity index (χ2v) is 5.87. The number of halogens is 1. The molecule has 21 heavy (non-hydrogen) atoms. The zero-order valence-corrected chi connectivity index (χ0v) is 13.3. The van der Waals surface area contributed by atoms with E-state index in [0.717, 1.165) is 17.1 Å². The molecule has 2 N–H and O–H groups in total. The number of hydrogen-bond donors (Lipinski definition) is 2. The summed E-state index contributed by atoms with van der Waals surface area (Å²) < 4.78 is 1.17. The maximum absolute atomic E-state index is 11.7. The quantitative estimate of drug-likeness (QED) is 0.609. The van der Waals surface area contributed by atoms with Crippen LogP contribution in [0.3, 0.4) is 0 Å². The van der Waals surface area contributed by atoms with E-state index in [-0.39, 0.29) is 5.91 Å². The number of hydrazone groups is 1. The lowest BCUT2D eigenvalue weighted by Gasteiger charge is -2.07. The standard InChI is InChI=1S/C15H13IN4O/c16-10-3-5-11(6-4-10)19-20-13-7-8-14(21)18-12-2-1-9-17-15(12)13/h1-6,9,19H,7-8H2,(H,18,21)/b20-13+. The number of pyridine rings is 1. The number of nitrogens with zero attached hydrogens (tertiary/aromatic N) is 2. The van der Waals surface area contributed by atoms with Crippen LogP contribution in [-0.4, -0.2) is 16.6 Å². The van der Waals surface area contributed by atoms with Crippen molar-refractivity contribution in [3.63, 3.8) is 0 Å². The third kappa shape index (κ3) is 3.38. The van der Waals surface area contributed by atoms with E-state index in [2.05, 4.69) is 43.4 Å². The van der Waals surface area contributed by atoms with E-state index >= 15 is 0 Å². The van der Waals surface area contributed by atoms with Crippen LogP contribution in [0.15, 0.2) is 47.7 Å². The summed E-state index contributed by atoms with van der Waals surface area (Å²) in [4.78, 5) is 16.0. The van der Waals surface area contributed by atoms with Crippen LogP contribution in [0.2, 0.25) is 0 Å². The first kappa shape index (κ1) is 14.0. The SMILES string of the molecule is O=C1CC/C(=N\Nc2ccc(I)cc2)c2ncccc2N1. The van der Waals surface area contributed by atoms with Gasteiger partial charge in [0.05, 0.1) is 17.1 Å². The molecule has 1 aromatic carbocycles.